The van der Waals surface area contributed by atoms with Crippen molar-refractivity contribution in [3.63, 3.8) is 0 Å². The summed E-state index contributed by atoms with van der Waals surface area (Å²) in [6.07, 6.45) is 6.87. The van der Waals surface area contributed by atoms with Gasteiger partial charge in [0, 0.05) is 17.7 Å². The van der Waals surface area contributed by atoms with E-state index in [1.807, 2.05) is 18.2 Å². The molecule has 0 saturated carbocycles. The molecule has 1 aliphatic heterocycles. The molecule has 1 heterocycles. The molecule has 4 heteroatoms. The third-order valence-corrected chi connectivity index (χ3v) is 3.87. The lowest BCUT2D eigenvalue weighted by Crippen LogP contribution is -2.04. The van der Waals surface area contributed by atoms with E-state index >= 15 is 0 Å². The van der Waals surface area contributed by atoms with Gasteiger partial charge in [0.1, 0.15) is 17.6 Å². The van der Waals surface area contributed by atoms with Crippen LogP contribution in [0.3, 0.4) is 0 Å². The molecule has 0 saturated heterocycles. The van der Waals surface area contributed by atoms with Gasteiger partial charge in [0.15, 0.2) is 0 Å². The highest BCUT2D eigenvalue weighted by atomic mass is 16.5. The van der Waals surface area contributed by atoms with Crippen molar-refractivity contribution in [2.24, 2.45) is 0 Å². The molecule has 1 unspecified atom stereocenters. The van der Waals surface area contributed by atoms with Crippen LogP contribution in [-0.2, 0) is 9.53 Å². The summed E-state index contributed by atoms with van der Waals surface area (Å²) in [6, 6.07) is 5.60. The molecule has 120 valence electrons. The van der Waals surface area contributed by atoms with E-state index in [0.29, 0.717) is 11.5 Å². The summed E-state index contributed by atoms with van der Waals surface area (Å²) in [7, 11) is 3.22. The van der Waals surface area contributed by atoms with Crippen LogP contribution >= 0.6 is 0 Å². The minimum atomic E-state index is -0.321. The molecule has 0 fully saturated rings. The Balaban J connectivity index is 2.15. The van der Waals surface area contributed by atoms with Crippen LogP contribution in [0.15, 0.2) is 29.8 Å². The summed E-state index contributed by atoms with van der Waals surface area (Å²) in [6.45, 7) is 2.19. The van der Waals surface area contributed by atoms with E-state index in [1.165, 1.54) is 19.3 Å². The van der Waals surface area contributed by atoms with Gasteiger partial charge >= 0.3 is 5.97 Å². The maximum atomic E-state index is 11.7. The van der Waals surface area contributed by atoms with Crippen LogP contribution in [0.5, 0.6) is 11.5 Å². The van der Waals surface area contributed by atoms with Crippen molar-refractivity contribution < 1.29 is 19.0 Å². The number of carbonyl (C=O) groups is 1. The summed E-state index contributed by atoms with van der Waals surface area (Å²) < 4.78 is 16.1. The highest BCUT2D eigenvalue weighted by Crippen LogP contribution is 2.37. The van der Waals surface area contributed by atoms with Gasteiger partial charge in [-0.15, -0.1) is 0 Å². The highest BCUT2D eigenvalue weighted by Gasteiger charge is 2.28. The van der Waals surface area contributed by atoms with Crippen molar-refractivity contribution in [2.75, 3.05) is 14.2 Å². The SMILES string of the molecule is CCCCCCC1=CC(=O)OC1c1cc(OC)cc(OC)c1. The van der Waals surface area contributed by atoms with Gasteiger partial charge in [0.2, 0.25) is 0 Å². The van der Waals surface area contributed by atoms with Gasteiger partial charge in [0.25, 0.3) is 0 Å². The van der Waals surface area contributed by atoms with Crippen LogP contribution in [0.1, 0.15) is 50.7 Å². The Bertz CT molecular complexity index is 526. The normalized spacial score (nSPS) is 17.1. The topological polar surface area (TPSA) is 44.8 Å². The van der Waals surface area contributed by atoms with Crippen LogP contribution in [0.2, 0.25) is 0 Å². The quantitative estimate of drug-likeness (QED) is 0.533. The van der Waals surface area contributed by atoms with Gasteiger partial charge in [0.05, 0.1) is 14.2 Å². The molecule has 0 aromatic heterocycles. The molecule has 22 heavy (non-hydrogen) atoms. The van der Waals surface area contributed by atoms with Crippen LogP contribution in [0.25, 0.3) is 0 Å². The van der Waals surface area contributed by atoms with Crippen molar-refractivity contribution >= 4 is 5.97 Å². The van der Waals surface area contributed by atoms with E-state index < -0.39 is 0 Å². The second-order valence-electron chi connectivity index (χ2n) is 5.49. The summed E-state index contributed by atoms with van der Waals surface area (Å²) >= 11 is 0. The molecule has 0 bridgehead atoms. The minimum absolute atomic E-state index is 0.266. The summed E-state index contributed by atoms with van der Waals surface area (Å²) in [5.74, 6) is 1.13. The largest absolute Gasteiger partial charge is 0.497 e. The number of benzene rings is 1. The first-order valence-electron chi connectivity index (χ1n) is 7.82. The Hall–Kier alpha value is -1.97. The minimum Gasteiger partial charge on any atom is -0.497 e. The number of rotatable bonds is 8. The van der Waals surface area contributed by atoms with Crippen LogP contribution in [-0.4, -0.2) is 20.2 Å². The zero-order chi connectivity index (χ0) is 15.9. The fraction of sp³-hybridized carbons (Fsp3) is 0.500. The lowest BCUT2D eigenvalue weighted by molar-refractivity contribution is -0.139. The second-order valence-corrected chi connectivity index (χ2v) is 5.49. The van der Waals surface area contributed by atoms with Crippen molar-refractivity contribution in [3.05, 3.63) is 35.4 Å². The van der Waals surface area contributed by atoms with Gasteiger partial charge in [-0.2, -0.15) is 0 Å². The Morgan fingerprint density at radius 3 is 2.32 bits per heavy atom. The number of esters is 1. The zero-order valence-electron chi connectivity index (χ0n) is 13.6. The molecule has 0 spiro atoms. The molecule has 0 aliphatic carbocycles. The van der Waals surface area contributed by atoms with Crippen molar-refractivity contribution in [3.8, 4) is 11.5 Å². The van der Waals surface area contributed by atoms with Crippen molar-refractivity contribution in [1.82, 2.24) is 0 Å². The van der Waals surface area contributed by atoms with E-state index in [9.17, 15) is 4.79 Å². The monoisotopic (exact) mass is 304 g/mol. The van der Waals surface area contributed by atoms with Crippen LogP contribution in [0.4, 0.5) is 0 Å². The summed E-state index contributed by atoms with van der Waals surface area (Å²) in [5.41, 5.74) is 1.93. The predicted molar refractivity (Wildman–Crippen MR) is 85.2 cm³/mol. The predicted octanol–water partition coefficient (Wildman–Crippen LogP) is 4.20. The number of methoxy groups -OCH3 is 2. The number of hydrogen-bond acceptors (Lipinski definition) is 4. The third kappa shape index (κ3) is 4.03. The van der Waals surface area contributed by atoms with Gasteiger partial charge in [-0.3, -0.25) is 0 Å². The number of ether oxygens (including phenoxy) is 3. The Labute approximate surface area is 132 Å². The Morgan fingerprint density at radius 2 is 1.73 bits per heavy atom. The maximum Gasteiger partial charge on any atom is 0.331 e. The molecule has 4 nitrogen and oxygen atoms in total. The average molecular weight is 304 g/mol. The molecule has 1 aliphatic rings. The van der Waals surface area contributed by atoms with E-state index in [-0.39, 0.29) is 12.1 Å². The standard InChI is InChI=1S/C18H24O4/c1-4-5-6-7-8-13-11-17(19)22-18(13)14-9-15(20-2)12-16(10-14)21-3/h9-12,18H,4-8H2,1-3H3. The number of hydrogen-bond donors (Lipinski definition) is 0. The molecule has 1 aromatic carbocycles. The number of carbonyl (C=O) groups excluding carboxylic acids is 1. The Morgan fingerprint density at radius 1 is 1.05 bits per heavy atom. The van der Waals surface area contributed by atoms with E-state index in [2.05, 4.69) is 6.92 Å². The van der Waals surface area contributed by atoms with Gasteiger partial charge in [-0.05, 0) is 30.5 Å². The third-order valence-electron chi connectivity index (χ3n) is 3.87. The molecule has 1 atom stereocenters. The summed E-state index contributed by atoms with van der Waals surface area (Å²) in [5, 5.41) is 0. The molecule has 0 amide bonds. The van der Waals surface area contributed by atoms with Gasteiger partial charge < -0.3 is 14.2 Å². The average Bonchev–Trinajstić information content (AvgIpc) is 2.92. The highest BCUT2D eigenvalue weighted by molar-refractivity contribution is 5.86. The molecular formula is C18H24O4. The number of unbranched alkanes of at least 4 members (excludes halogenated alkanes) is 3. The lowest BCUT2D eigenvalue weighted by Gasteiger charge is -2.17. The lowest BCUT2D eigenvalue weighted by atomic mass is 9.97. The first kappa shape index (κ1) is 16.4. The fourth-order valence-electron chi connectivity index (χ4n) is 2.68. The van der Waals surface area contributed by atoms with Crippen molar-refractivity contribution in [2.45, 2.75) is 45.1 Å². The van der Waals surface area contributed by atoms with Gasteiger partial charge in [-0.25, -0.2) is 4.79 Å². The summed E-state index contributed by atoms with van der Waals surface area (Å²) in [4.78, 5) is 11.7. The van der Waals surface area contributed by atoms with E-state index in [0.717, 1.165) is 24.0 Å². The Kier molecular flexibility index (Phi) is 5.87. The van der Waals surface area contributed by atoms with Gasteiger partial charge in [-0.1, -0.05) is 26.2 Å². The zero-order valence-corrected chi connectivity index (χ0v) is 13.6. The molecule has 2 rings (SSSR count). The molecule has 1 aromatic rings. The number of cyclic esters (lactones) is 1. The van der Waals surface area contributed by atoms with E-state index in [1.54, 1.807) is 20.3 Å². The first-order valence-corrected chi connectivity index (χ1v) is 7.82. The molecular weight excluding hydrogens is 280 g/mol. The molecule has 0 N–H and O–H groups in total. The first-order chi connectivity index (χ1) is 10.7. The van der Waals surface area contributed by atoms with Crippen LogP contribution in [0, 0.1) is 0 Å². The maximum absolute atomic E-state index is 11.7. The second kappa shape index (κ2) is 7.87. The van der Waals surface area contributed by atoms with Crippen molar-refractivity contribution in [1.29, 1.82) is 0 Å². The molecule has 0 radical (unpaired) electrons. The van der Waals surface area contributed by atoms with E-state index in [4.69, 9.17) is 14.2 Å². The smallest absolute Gasteiger partial charge is 0.331 e. The van der Waals surface area contributed by atoms with Crippen LogP contribution < -0.4 is 9.47 Å². The fourth-order valence-corrected chi connectivity index (χ4v) is 2.68.